The second kappa shape index (κ2) is 9.04. The summed E-state index contributed by atoms with van der Waals surface area (Å²) in [4.78, 5) is 19.3. The fourth-order valence-electron chi connectivity index (χ4n) is 5.46. The van der Waals surface area contributed by atoms with Gasteiger partial charge in [-0.15, -0.1) is 0 Å². The molecule has 0 radical (unpaired) electrons. The van der Waals surface area contributed by atoms with Gasteiger partial charge in [0.25, 0.3) is 5.91 Å². The van der Waals surface area contributed by atoms with Gasteiger partial charge in [0, 0.05) is 54.4 Å². The minimum absolute atomic E-state index is 0.124. The number of nitrogens with zero attached hydrogens (tertiary/aromatic N) is 4. The van der Waals surface area contributed by atoms with Crippen LogP contribution in [0, 0.1) is 12.7 Å². The van der Waals surface area contributed by atoms with Crippen molar-refractivity contribution in [1.82, 2.24) is 9.47 Å². The number of carbonyl (C=O) groups excluding carboxylic acids is 1. The summed E-state index contributed by atoms with van der Waals surface area (Å²) in [6.45, 7) is 6.13. The molecule has 2 aliphatic rings. The lowest BCUT2D eigenvalue weighted by molar-refractivity contribution is 0.0980. The molecule has 3 heterocycles. The van der Waals surface area contributed by atoms with Crippen molar-refractivity contribution in [3.63, 3.8) is 0 Å². The summed E-state index contributed by atoms with van der Waals surface area (Å²) in [5, 5.41) is 10.6. The summed E-state index contributed by atoms with van der Waals surface area (Å²) in [7, 11) is 4.11. The van der Waals surface area contributed by atoms with Crippen molar-refractivity contribution in [2.75, 3.05) is 43.5 Å². The summed E-state index contributed by atoms with van der Waals surface area (Å²) < 4.78 is 16.9. The van der Waals surface area contributed by atoms with Crippen LogP contribution in [-0.2, 0) is 12.8 Å². The van der Waals surface area contributed by atoms with Crippen LogP contribution in [-0.4, -0.2) is 60.3 Å². The molecule has 3 aromatic rings. The molecule has 0 saturated carbocycles. The molecule has 1 N–H and O–H groups in total. The van der Waals surface area contributed by atoms with Crippen LogP contribution in [0.3, 0.4) is 0 Å². The standard InChI is InChI=1S/C28H33FN4O2/c1-5-23-18(2)16-33(27(23)34)20-6-8-24-19(14-20)10-13-32(28(24)35)21-7-9-26(25(29)15-21)31-12-11-22(17-31)30(3)4/h6-9,14-16,22,34H,5,10-13,17H2,1-4H3/t22-/m1/s1. The first-order chi connectivity index (χ1) is 16.8. The molecule has 1 atom stereocenters. The Balaban J connectivity index is 1.38. The number of benzene rings is 2. The van der Waals surface area contributed by atoms with Gasteiger partial charge >= 0.3 is 0 Å². The Hall–Kier alpha value is -3.32. The molecule has 1 fully saturated rings. The van der Waals surface area contributed by atoms with Crippen LogP contribution in [0.15, 0.2) is 42.6 Å². The lowest BCUT2D eigenvalue weighted by Gasteiger charge is -2.30. The van der Waals surface area contributed by atoms with E-state index in [1.807, 2.05) is 44.3 Å². The third kappa shape index (κ3) is 4.08. The van der Waals surface area contributed by atoms with Crippen molar-refractivity contribution in [1.29, 1.82) is 0 Å². The fraction of sp³-hybridized carbons (Fsp3) is 0.393. The van der Waals surface area contributed by atoms with Crippen molar-refractivity contribution >= 4 is 17.3 Å². The highest BCUT2D eigenvalue weighted by molar-refractivity contribution is 6.08. The first-order valence-electron chi connectivity index (χ1n) is 12.3. The molecule has 0 spiro atoms. The number of aromatic nitrogens is 1. The number of aromatic hydroxyl groups is 1. The largest absolute Gasteiger partial charge is 0.494 e. The van der Waals surface area contributed by atoms with Crippen molar-refractivity contribution in [3.05, 3.63) is 70.7 Å². The van der Waals surface area contributed by atoms with Crippen molar-refractivity contribution < 1.29 is 14.3 Å². The Bertz CT molecular complexity index is 1280. The van der Waals surface area contributed by atoms with E-state index in [1.165, 1.54) is 6.07 Å². The first-order valence-corrected chi connectivity index (χ1v) is 12.3. The number of fused-ring (bicyclic) bond motifs is 1. The molecule has 0 aliphatic carbocycles. The van der Waals surface area contributed by atoms with Gasteiger partial charge in [0.05, 0.1) is 5.69 Å². The van der Waals surface area contributed by atoms with Crippen molar-refractivity contribution in [2.24, 2.45) is 0 Å². The molecule has 1 amide bonds. The van der Waals surface area contributed by atoms with Gasteiger partial charge in [0.1, 0.15) is 5.82 Å². The van der Waals surface area contributed by atoms with E-state index in [9.17, 15) is 9.90 Å². The topological polar surface area (TPSA) is 52.0 Å². The summed E-state index contributed by atoms with van der Waals surface area (Å²) in [6.07, 6.45) is 4.36. The maximum Gasteiger partial charge on any atom is 0.258 e. The van der Waals surface area contributed by atoms with Gasteiger partial charge < -0.3 is 19.8 Å². The maximum atomic E-state index is 15.1. The molecular weight excluding hydrogens is 443 g/mol. The summed E-state index contributed by atoms with van der Waals surface area (Å²) >= 11 is 0. The predicted octanol–water partition coefficient (Wildman–Crippen LogP) is 4.54. The molecule has 35 heavy (non-hydrogen) atoms. The Kier molecular flexibility index (Phi) is 6.05. The molecular formula is C28H33FN4O2. The summed E-state index contributed by atoms with van der Waals surface area (Å²) in [6, 6.07) is 11.2. The molecule has 0 bridgehead atoms. The number of rotatable bonds is 5. The lowest BCUT2D eigenvalue weighted by Crippen LogP contribution is -2.37. The number of hydrogen-bond acceptors (Lipinski definition) is 4. The van der Waals surface area contributed by atoms with E-state index in [0.717, 1.165) is 48.3 Å². The van der Waals surface area contributed by atoms with Gasteiger partial charge in [0.2, 0.25) is 0 Å². The average Bonchev–Trinajstić information content (AvgIpc) is 3.43. The van der Waals surface area contributed by atoms with Crippen LogP contribution >= 0.6 is 0 Å². The number of anilines is 2. The normalized spacial score (nSPS) is 18.0. The van der Waals surface area contributed by atoms with Crippen molar-refractivity contribution in [2.45, 2.75) is 39.2 Å². The van der Waals surface area contributed by atoms with E-state index < -0.39 is 0 Å². The van der Waals surface area contributed by atoms with Gasteiger partial charge in [-0.1, -0.05) is 6.92 Å². The number of halogens is 1. The predicted molar refractivity (Wildman–Crippen MR) is 138 cm³/mol. The monoisotopic (exact) mass is 476 g/mol. The van der Waals surface area contributed by atoms with E-state index in [2.05, 4.69) is 23.9 Å². The molecule has 1 saturated heterocycles. The summed E-state index contributed by atoms with van der Waals surface area (Å²) in [5.74, 6) is -0.166. The highest BCUT2D eigenvalue weighted by Crippen LogP contribution is 2.33. The van der Waals surface area contributed by atoms with Crippen LogP contribution in [0.2, 0.25) is 0 Å². The highest BCUT2D eigenvalue weighted by Gasteiger charge is 2.29. The molecule has 2 aromatic carbocycles. The lowest BCUT2D eigenvalue weighted by atomic mass is 9.97. The molecule has 1 aromatic heterocycles. The van der Waals surface area contributed by atoms with E-state index in [4.69, 9.17) is 0 Å². The zero-order valence-electron chi connectivity index (χ0n) is 20.9. The zero-order chi connectivity index (χ0) is 24.9. The third-order valence-corrected chi connectivity index (χ3v) is 7.58. The number of hydrogen-bond donors (Lipinski definition) is 1. The molecule has 0 unspecified atom stereocenters. The van der Waals surface area contributed by atoms with Gasteiger partial charge in [-0.25, -0.2) is 4.39 Å². The summed E-state index contributed by atoms with van der Waals surface area (Å²) in [5.41, 5.74) is 5.56. The molecule has 6 nitrogen and oxygen atoms in total. The SMILES string of the molecule is CCc1c(C)cn(-c2ccc3c(c2)CCN(c2ccc(N4CC[C@@H](N(C)C)C4)c(F)c2)C3=O)c1O. The van der Waals surface area contributed by atoms with Crippen LogP contribution in [0.4, 0.5) is 15.8 Å². The Morgan fingerprint density at radius 3 is 2.54 bits per heavy atom. The Morgan fingerprint density at radius 2 is 1.89 bits per heavy atom. The van der Waals surface area contributed by atoms with Gasteiger partial charge in [-0.05, 0) is 87.8 Å². The first kappa shape index (κ1) is 23.4. The van der Waals surface area contributed by atoms with Crippen LogP contribution in [0.25, 0.3) is 5.69 Å². The average molecular weight is 477 g/mol. The zero-order valence-corrected chi connectivity index (χ0v) is 20.9. The fourth-order valence-corrected chi connectivity index (χ4v) is 5.46. The van der Waals surface area contributed by atoms with Crippen LogP contribution in [0.1, 0.15) is 40.4 Å². The van der Waals surface area contributed by atoms with Gasteiger partial charge in [-0.2, -0.15) is 0 Å². The number of aryl methyl sites for hydroxylation is 1. The van der Waals surface area contributed by atoms with E-state index in [1.54, 1.807) is 15.5 Å². The molecule has 7 heteroatoms. The van der Waals surface area contributed by atoms with Gasteiger partial charge in [-0.3, -0.25) is 9.36 Å². The Labute approximate surface area is 206 Å². The van der Waals surface area contributed by atoms with Crippen LogP contribution in [0.5, 0.6) is 5.88 Å². The van der Waals surface area contributed by atoms with E-state index in [-0.39, 0.29) is 17.6 Å². The smallest absolute Gasteiger partial charge is 0.258 e. The molecule has 5 rings (SSSR count). The second-order valence-corrected chi connectivity index (χ2v) is 9.87. The third-order valence-electron chi connectivity index (χ3n) is 7.58. The number of likely N-dealkylation sites (N-methyl/N-ethyl adjacent to an activating group) is 1. The Morgan fingerprint density at radius 1 is 1.11 bits per heavy atom. The molecule has 184 valence electrons. The van der Waals surface area contributed by atoms with Crippen molar-refractivity contribution in [3.8, 4) is 11.6 Å². The van der Waals surface area contributed by atoms with E-state index >= 15 is 4.39 Å². The quantitative estimate of drug-likeness (QED) is 0.588. The second-order valence-electron chi connectivity index (χ2n) is 9.87. The van der Waals surface area contributed by atoms with Crippen LogP contribution < -0.4 is 9.80 Å². The highest BCUT2D eigenvalue weighted by atomic mass is 19.1. The number of amides is 1. The maximum absolute atomic E-state index is 15.1. The van der Waals surface area contributed by atoms with E-state index in [0.29, 0.717) is 35.9 Å². The van der Waals surface area contributed by atoms with Gasteiger partial charge in [0.15, 0.2) is 5.88 Å². The minimum Gasteiger partial charge on any atom is -0.494 e. The minimum atomic E-state index is -0.291. The molecule has 2 aliphatic heterocycles. The number of carbonyl (C=O) groups is 1.